The molecule has 0 bridgehead atoms. The van der Waals surface area contributed by atoms with Crippen LogP contribution in [0.4, 0.5) is 0 Å². The molecule has 0 spiro atoms. The summed E-state index contributed by atoms with van der Waals surface area (Å²) in [5.41, 5.74) is 1.96. The van der Waals surface area contributed by atoms with Gasteiger partial charge in [-0.15, -0.1) is 24.0 Å². The summed E-state index contributed by atoms with van der Waals surface area (Å²) in [5, 5.41) is 10.6. The number of aromatic nitrogens is 1. The maximum Gasteiger partial charge on any atom is 0.203 e. The first kappa shape index (κ1) is 25.9. The molecular formula is C21H33IN4O4. The second kappa shape index (κ2) is 13.2. The molecule has 168 valence electrons. The van der Waals surface area contributed by atoms with Crippen LogP contribution >= 0.6 is 24.0 Å². The lowest BCUT2D eigenvalue weighted by Crippen LogP contribution is -2.38. The summed E-state index contributed by atoms with van der Waals surface area (Å²) in [7, 11) is 4.84. The zero-order valence-electron chi connectivity index (χ0n) is 18.6. The molecule has 0 aliphatic carbocycles. The number of hydrogen-bond acceptors (Lipinski definition) is 6. The van der Waals surface area contributed by atoms with Gasteiger partial charge in [0.25, 0.3) is 0 Å². The molecule has 1 aromatic carbocycles. The van der Waals surface area contributed by atoms with Crippen molar-refractivity contribution in [1.82, 2.24) is 15.8 Å². The van der Waals surface area contributed by atoms with Crippen molar-refractivity contribution in [3.63, 3.8) is 0 Å². The fourth-order valence-corrected chi connectivity index (χ4v) is 2.85. The van der Waals surface area contributed by atoms with Crippen LogP contribution in [-0.4, -0.2) is 45.5 Å². The van der Waals surface area contributed by atoms with Crippen molar-refractivity contribution in [2.24, 2.45) is 4.99 Å². The monoisotopic (exact) mass is 532 g/mol. The summed E-state index contributed by atoms with van der Waals surface area (Å²) in [6.07, 6.45) is 0.730. The van der Waals surface area contributed by atoms with Crippen LogP contribution < -0.4 is 24.8 Å². The minimum Gasteiger partial charge on any atom is -0.493 e. The predicted molar refractivity (Wildman–Crippen MR) is 129 cm³/mol. The van der Waals surface area contributed by atoms with E-state index in [1.807, 2.05) is 25.1 Å². The molecule has 0 atom stereocenters. The SMILES string of the molecule is CCNC(=NCc1cc(C(C)C)no1)NCCc1ccc(OC)c(OC)c1OC.I. The van der Waals surface area contributed by atoms with Crippen molar-refractivity contribution in [1.29, 1.82) is 0 Å². The van der Waals surface area contributed by atoms with Crippen molar-refractivity contribution in [3.8, 4) is 17.2 Å². The molecule has 0 aliphatic rings. The molecule has 2 rings (SSSR count). The fourth-order valence-electron chi connectivity index (χ4n) is 2.85. The molecule has 0 unspecified atom stereocenters. The van der Waals surface area contributed by atoms with E-state index in [4.69, 9.17) is 18.7 Å². The third kappa shape index (κ3) is 6.96. The Hall–Kier alpha value is -2.17. The largest absolute Gasteiger partial charge is 0.493 e. The van der Waals surface area contributed by atoms with Gasteiger partial charge < -0.3 is 29.4 Å². The van der Waals surface area contributed by atoms with Gasteiger partial charge in [-0.1, -0.05) is 25.1 Å². The molecule has 0 fully saturated rings. The first-order chi connectivity index (χ1) is 14.0. The highest BCUT2D eigenvalue weighted by atomic mass is 127. The van der Waals surface area contributed by atoms with E-state index in [-0.39, 0.29) is 24.0 Å². The van der Waals surface area contributed by atoms with E-state index in [9.17, 15) is 0 Å². The minimum atomic E-state index is 0. The molecule has 1 heterocycles. The van der Waals surface area contributed by atoms with E-state index in [0.717, 1.165) is 35.9 Å². The smallest absolute Gasteiger partial charge is 0.203 e. The molecule has 30 heavy (non-hydrogen) atoms. The Morgan fingerprint density at radius 3 is 2.40 bits per heavy atom. The quantitative estimate of drug-likeness (QED) is 0.274. The summed E-state index contributed by atoms with van der Waals surface area (Å²) in [4.78, 5) is 4.58. The first-order valence-corrected chi connectivity index (χ1v) is 9.79. The number of methoxy groups -OCH3 is 3. The highest BCUT2D eigenvalue weighted by molar-refractivity contribution is 14.0. The number of benzene rings is 1. The Balaban J connectivity index is 0.00000450. The van der Waals surface area contributed by atoms with Gasteiger partial charge in [0.05, 0.1) is 27.0 Å². The van der Waals surface area contributed by atoms with Gasteiger partial charge in [0.15, 0.2) is 23.2 Å². The molecule has 8 nitrogen and oxygen atoms in total. The van der Waals surface area contributed by atoms with Crippen LogP contribution in [-0.2, 0) is 13.0 Å². The average Bonchev–Trinajstić information content (AvgIpc) is 3.20. The second-order valence-electron chi connectivity index (χ2n) is 6.74. The number of ether oxygens (including phenoxy) is 3. The van der Waals surface area contributed by atoms with Crippen LogP contribution in [0, 0.1) is 0 Å². The van der Waals surface area contributed by atoms with Crippen LogP contribution in [0.15, 0.2) is 27.7 Å². The van der Waals surface area contributed by atoms with Crippen molar-refractivity contribution < 1.29 is 18.7 Å². The van der Waals surface area contributed by atoms with Gasteiger partial charge >= 0.3 is 0 Å². The lowest BCUT2D eigenvalue weighted by Gasteiger charge is -2.16. The third-order valence-electron chi connectivity index (χ3n) is 4.38. The van der Waals surface area contributed by atoms with E-state index < -0.39 is 0 Å². The van der Waals surface area contributed by atoms with Gasteiger partial charge in [-0.2, -0.15) is 0 Å². The van der Waals surface area contributed by atoms with E-state index in [1.165, 1.54) is 0 Å². The van der Waals surface area contributed by atoms with E-state index in [2.05, 4.69) is 34.6 Å². The topological polar surface area (TPSA) is 90.1 Å². The number of halogens is 1. The standard InChI is InChI=1S/C21H32N4O4.HI/c1-7-22-21(24-13-16-12-17(14(2)3)25-29-16)23-11-10-15-8-9-18(26-4)20(28-6)19(15)27-5;/h8-9,12,14H,7,10-11,13H2,1-6H3,(H2,22,23,24);1H. The van der Waals surface area contributed by atoms with Crippen molar-refractivity contribution >= 4 is 29.9 Å². The lowest BCUT2D eigenvalue weighted by molar-refractivity contribution is 0.322. The summed E-state index contributed by atoms with van der Waals surface area (Å²) in [5.74, 6) is 3.71. The van der Waals surface area contributed by atoms with Crippen molar-refractivity contribution in [2.45, 2.75) is 39.7 Å². The third-order valence-corrected chi connectivity index (χ3v) is 4.38. The van der Waals surface area contributed by atoms with Crippen LogP contribution in [0.25, 0.3) is 0 Å². The van der Waals surface area contributed by atoms with Crippen molar-refractivity contribution in [2.75, 3.05) is 34.4 Å². The number of nitrogens with one attached hydrogen (secondary N) is 2. The minimum absolute atomic E-state index is 0. The average molecular weight is 532 g/mol. The molecule has 9 heteroatoms. The van der Waals surface area contributed by atoms with E-state index in [1.54, 1.807) is 21.3 Å². The van der Waals surface area contributed by atoms with Crippen LogP contribution in [0.2, 0.25) is 0 Å². The Morgan fingerprint density at radius 2 is 1.83 bits per heavy atom. The maximum atomic E-state index is 5.54. The Bertz CT molecular complexity index is 808. The molecule has 2 N–H and O–H groups in total. The Labute approximate surface area is 195 Å². The maximum absolute atomic E-state index is 5.54. The molecule has 1 aromatic heterocycles. The molecule has 0 amide bonds. The number of aliphatic imine (C=N–C) groups is 1. The molecule has 0 saturated carbocycles. The highest BCUT2D eigenvalue weighted by Gasteiger charge is 2.15. The van der Waals surface area contributed by atoms with Crippen LogP contribution in [0.1, 0.15) is 43.7 Å². The molecular weight excluding hydrogens is 499 g/mol. The molecule has 0 aliphatic heterocycles. The number of rotatable bonds is 10. The zero-order chi connectivity index (χ0) is 21.2. The molecule has 0 radical (unpaired) electrons. The predicted octanol–water partition coefficient (Wildman–Crippen LogP) is 3.74. The normalized spacial score (nSPS) is 11.1. The first-order valence-electron chi connectivity index (χ1n) is 9.79. The lowest BCUT2D eigenvalue weighted by atomic mass is 10.1. The van der Waals surface area contributed by atoms with Crippen LogP contribution in [0.3, 0.4) is 0 Å². The van der Waals surface area contributed by atoms with Gasteiger partial charge in [0, 0.05) is 24.7 Å². The zero-order valence-corrected chi connectivity index (χ0v) is 20.9. The highest BCUT2D eigenvalue weighted by Crippen LogP contribution is 2.39. The Kier molecular flexibility index (Phi) is 11.4. The fraction of sp³-hybridized carbons (Fsp3) is 0.524. The van der Waals surface area contributed by atoms with Gasteiger partial charge in [0.1, 0.15) is 6.54 Å². The van der Waals surface area contributed by atoms with Gasteiger partial charge in [-0.05, 0) is 25.3 Å². The second-order valence-corrected chi connectivity index (χ2v) is 6.74. The van der Waals surface area contributed by atoms with Crippen LogP contribution in [0.5, 0.6) is 17.2 Å². The van der Waals surface area contributed by atoms with E-state index in [0.29, 0.717) is 36.3 Å². The number of nitrogens with zero attached hydrogens (tertiary/aromatic N) is 2. The van der Waals surface area contributed by atoms with Gasteiger partial charge in [0.2, 0.25) is 5.75 Å². The van der Waals surface area contributed by atoms with Gasteiger partial charge in [-0.25, -0.2) is 4.99 Å². The summed E-state index contributed by atoms with van der Waals surface area (Å²) < 4.78 is 21.7. The van der Waals surface area contributed by atoms with Gasteiger partial charge in [-0.3, -0.25) is 0 Å². The summed E-state index contributed by atoms with van der Waals surface area (Å²) in [6.45, 7) is 8.05. The summed E-state index contributed by atoms with van der Waals surface area (Å²) >= 11 is 0. The number of guanidine groups is 1. The van der Waals surface area contributed by atoms with E-state index >= 15 is 0 Å². The summed E-state index contributed by atoms with van der Waals surface area (Å²) in [6, 6.07) is 5.81. The van der Waals surface area contributed by atoms with Crippen molar-refractivity contribution in [3.05, 3.63) is 35.2 Å². The molecule has 0 saturated heterocycles. The molecule has 2 aromatic rings. The Morgan fingerprint density at radius 1 is 1.10 bits per heavy atom. The number of hydrogen-bond donors (Lipinski definition) is 2.